The van der Waals surface area contributed by atoms with Gasteiger partial charge < -0.3 is 16.4 Å². The van der Waals surface area contributed by atoms with E-state index in [-0.39, 0.29) is 37.2 Å². The molecular weight excluding hydrogens is 362 g/mol. The maximum atomic E-state index is 12.3. The first-order chi connectivity index (χ1) is 12.3. The molecule has 0 aliphatic heterocycles. The van der Waals surface area contributed by atoms with Gasteiger partial charge in [0, 0.05) is 12.1 Å². The normalized spacial score (nSPS) is 12.9. The summed E-state index contributed by atoms with van der Waals surface area (Å²) in [7, 11) is 0. The molecule has 2 aromatic rings. The lowest BCUT2D eigenvalue weighted by Crippen LogP contribution is -2.54. The number of nitrogens with one attached hydrogen (secondary N) is 2. The average molecular weight is 392 g/mol. The third-order valence-electron chi connectivity index (χ3n) is 4.43. The molecule has 5 nitrogen and oxygen atoms in total. The van der Waals surface area contributed by atoms with Crippen LogP contribution in [0.3, 0.4) is 0 Å². The van der Waals surface area contributed by atoms with Crippen LogP contribution in [-0.4, -0.2) is 30.4 Å². The first kappa shape index (κ1) is 22.9. The lowest BCUT2D eigenvalue weighted by molar-refractivity contribution is -0.126. The fourth-order valence-corrected chi connectivity index (χ4v) is 3.33. The molecule has 0 aromatic heterocycles. The molecule has 148 valence electrons. The zero-order valence-electron chi connectivity index (χ0n) is 16.2. The molecule has 2 amide bonds. The number of carbonyl (C=O) groups excluding carboxylic acids is 2. The van der Waals surface area contributed by atoms with E-state index in [9.17, 15) is 9.59 Å². The van der Waals surface area contributed by atoms with Gasteiger partial charge in [0.15, 0.2) is 0 Å². The van der Waals surface area contributed by atoms with Gasteiger partial charge in [-0.3, -0.25) is 9.59 Å². The summed E-state index contributed by atoms with van der Waals surface area (Å²) in [5.74, 6) is 0.0319. The number of halogens is 1. The minimum absolute atomic E-state index is 0. The second kappa shape index (κ2) is 10.3. The molecule has 0 fully saturated rings. The zero-order valence-corrected chi connectivity index (χ0v) is 17.1. The number of nitrogens with two attached hydrogens (primary N) is 1. The van der Waals surface area contributed by atoms with Gasteiger partial charge in [-0.1, -0.05) is 56.3 Å². The van der Waals surface area contributed by atoms with Crippen molar-refractivity contribution >= 4 is 35.0 Å². The maximum Gasteiger partial charge on any atom is 0.239 e. The van der Waals surface area contributed by atoms with Crippen LogP contribution in [0.5, 0.6) is 0 Å². The predicted octanol–water partition coefficient (Wildman–Crippen LogP) is 2.80. The minimum atomic E-state index is -0.453. The zero-order chi connectivity index (χ0) is 19.2. The number of hydrogen-bond donors (Lipinski definition) is 3. The summed E-state index contributed by atoms with van der Waals surface area (Å²) in [6, 6.07) is 13.9. The van der Waals surface area contributed by atoms with E-state index >= 15 is 0 Å². The summed E-state index contributed by atoms with van der Waals surface area (Å²) in [5, 5.41) is 7.81. The molecule has 1 unspecified atom stereocenters. The summed E-state index contributed by atoms with van der Waals surface area (Å²) in [5.41, 5.74) is 6.31. The van der Waals surface area contributed by atoms with Crippen molar-refractivity contribution < 1.29 is 9.59 Å². The molecule has 0 aliphatic rings. The molecule has 27 heavy (non-hydrogen) atoms. The van der Waals surface area contributed by atoms with Crippen LogP contribution in [0.4, 0.5) is 0 Å². The topological polar surface area (TPSA) is 84.2 Å². The number of hydrogen-bond acceptors (Lipinski definition) is 3. The largest absolute Gasteiger partial charge is 0.348 e. The number of rotatable bonds is 8. The van der Waals surface area contributed by atoms with Crippen LogP contribution in [0.25, 0.3) is 10.8 Å². The first-order valence-electron chi connectivity index (χ1n) is 9.07. The highest BCUT2D eigenvalue weighted by Crippen LogP contribution is 2.19. The van der Waals surface area contributed by atoms with Crippen molar-refractivity contribution in [3.63, 3.8) is 0 Å². The Kier molecular flexibility index (Phi) is 8.73. The van der Waals surface area contributed by atoms with E-state index < -0.39 is 5.54 Å². The van der Waals surface area contributed by atoms with E-state index in [1.165, 1.54) is 0 Å². The van der Waals surface area contributed by atoms with Crippen LogP contribution in [-0.2, 0) is 16.0 Å². The number of amides is 2. The fourth-order valence-electron chi connectivity index (χ4n) is 3.33. The predicted molar refractivity (Wildman–Crippen MR) is 113 cm³/mol. The van der Waals surface area contributed by atoms with Gasteiger partial charge in [-0.2, -0.15) is 0 Å². The van der Waals surface area contributed by atoms with Gasteiger partial charge in [-0.15, -0.1) is 12.4 Å². The van der Waals surface area contributed by atoms with Gasteiger partial charge in [0.1, 0.15) is 0 Å². The van der Waals surface area contributed by atoms with Crippen LogP contribution in [0.15, 0.2) is 42.5 Å². The Morgan fingerprint density at radius 3 is 2.41 bits per heavy atom. The Balaban J connectivity index is 0.00000364. The van der Waals surface area contributed by atoms with E-state index in [4.69, 9.17) is 5.73 Å². The molecule has 0 saturated heterocycles. The van der Waals surface area contributed by atoms with Crippen molar-refractivity contribution in [3.05, 3.63) is 48.0 Å². The number of carbonyl (C=O) groups is 2. The van der Waals surface area contributed by atoms with Crippen molar-refractivity contribution in [1.82, 2.24) is 10.6 Å². The lowest BCUT2D eigenvalue weighted by atomic mass is 9.91. The van der Waals surface area contributed by atoms with Gasteiger partial charge in [0.2, 0.25) is 11.8 Å². The monoisotopic (exact) mass is 391 g/mol. The summed E-state index contributed by atoms with van der Waals surface area (Å²) < 4.78 is 0. The molecule has 2 aromatic carbocycles. The van der Waals surface area contributed by atoms with E-state index in [0.717, 1.165) is 22.8 Å². The van der Waals surface area contributed by atoms with Gasteiger partial charge >= 0.3 is 0 Å². The van der Waals surface area contributed by atoms with Gasteiger partial charge in [0.05, 0.1) is 13.0 Å². The molecule has 0 heterocycles. The lowest BCUT2D eigenvalue weighted by Gasteiger charge is -2.31. The van der Waals surface area contributed by atoms with Crippen molar-refractivity contribution in [1.29, 1.82) is 0 Å². The van der Waals surface area contributed by atoms with Crippen molar-refractivity contribution in [3.8, 4) is 0 Å². The number of benzene rings is 2. The molecular formula is C21H30ClN3O2. The van der Waals surface area contributed by atoms with Crippen molar-refractivity contribution in [2.75, 3.05) is 13.1 Å². The van der Waals surface area contributed by atoms with Crippen LogP contribution >= 0.6 is 12.4 Å². The van der Waals surface area contributed by atoms with E-state index in [2.05, 4.69) is 24.5 Å². The van der Waals surface area contributed by atoms with Crippen LogP contribution in [0, 0.1) is 5.92 Å². The van der Waals surface area contributed by atoms with E-state index in [0.29, 0.717) is 12.5 Å². The molecule has 0 bridgehead atoms. The van der Waals surface area contributed by atoms with Gasteiger partial charge in [-0.05, 0) is 35.6 Å². The quantitative estimate of drug-likeness (QED) is 0.646. The Morgan fingerprint density at radius 1 is 1.07 bits per heavy atom. The molecule has 1 atom stereocenters. The highest BCUT2D eigenvalue weighted by atomic mass is 35.5. The van der Waals surface area contributed by atoms with E-state index in [1.807, 2.05) is 49.4 Å². The summed E-state index contributed by atoms with van der Waals surface area (Å²) in [6.45, 7) is 6.43. The second-order valence-corrected chi connectivity index (χ2v) is 7.50. The molecule has 0 radical (unpaired) electrons. The summed E-state index contributed by atoms with van der Waals surface area (Å²) in [4.78, 5) is 24.4. The van der Waals surface area contributed by atoms with E-state index in [1.54, 1.807) is 0 Å². The van der Waals surface area contributed by atoms with Gasteiger partial charge in [0.25, 0.3) is 0 Å². The fraction of sp³-hybridized carbons (Fsp3) is 0.429. The molecule has 0 aliphatic carbocycles. The maximum absolute atomic E-state index is 12.3. The molecule has 0 saturated carbocycles. The summed E-state index contributed by atoms with van der Waals surface area (Å²) in [6.07, 6.45) is 1.04. The minimum Gasteiger partial charge on any atom is -0.348 e. The number of fused-ring (bicyclic) bond motifs is 1. The second-order valence-electron chi connectivity index (χ2n) is 7.50. The smallest absolute Gasteiger partial charge is 0.239 e. The van der Waals surface area contributed by atoms with Crippen molar-refractivity contribution in [2.45, 2.75) is 39.2 Å². The van der Waals surface area contributed by atoms with Crippen LogP contribution < -0.4 is 16.4 Å². The third-order valence-corrected chi connectivity index (χ3v) is 4.43. The Morgan fingerprint density at radius 2 is 1.74 bits per heavy atom. The summed E-state index contributed by atoms with van der Waals surface area (Å²) >= 11 is 0. The van der Waals surface area contributed by atoms with Crippen molar-refractivity contribution in [2.24, 2.45) is 11.7 Å². The highest BCUT2D eigenvalue weighted by molar-refractivity contribution is 5.91. The van der Waals surface area contributed by atoms with Crippen LogP contribution in [0.1, 0.15) is 32.8 Å². The van der Waals surface area contributed by atoms with Crippen LogP contribution in [0.2, 0.25) is 0 Å². The third kappa shape index (κ3) is 6.85. The molecule has 0 spiro atoms. The molecule has 4 N–H and O–H groups in total. The Labute approximate surface area is 167 Å². The molecule has 2 rings (SSSR count). The average Bonchev–Trinajstić information content (AvgIpc) is 2.59. The molecule has 6 heteroatoms. The Bertz CT molecular complexity index is 774. The van der Waals surface area contributed by atoms with Gasteiger partial charge in [-0.25, -0.2) is 0 Å². The highest BCUT2D eigenvalue weighted by Gasteiger charge is 2.25. The first-order valence-corrected chi connectivity index (χ1v) is 9.07. The standard InChI is InChI=1S/C21H29N3O2.ClH/c1-15(2)12-21(3,14-22)24-20(26)13-23-19(25)11-17-9-6-8-16-7-4-5-10-18(16)17;/h4-10,15H,11-14,22H2,1-3H3,(H,23,25)(H,24,26);1H. The Hall–Kier alpha value is -2.11. The SMILES string of the molecule is CC(C)CC(C)(CN)NC(=O)CNC(=O)Cc1cccc2ccccc12.Cl.